The van der Waals surface area contributed by atoms with Gasteiger partial charge in [-0.05, 0) is 73.5 Å². The monoisotopic (exact) mass is 419 g/mol. The number of nitrogens with zero attached hydrogens (tertiary/aromatic N) is 2. The van der Waals surface area contributed by atoms with Gasteiger partial charge in [0.15, 0.2) is 0 Å². The van der Waals surface area contributed by atoms with Gasteiger partial charge in [-0.15, -0.1) is 0 Å². The summed E-state index contributed by atoms with van der Waals surface area (Å²) in [4.78, 5) is 12.6. The SMILES string of the molecule is Cc1cccc(NC(=O)/C(C#N)=C\c2cccn2-c2ccc(Br)cc2)c1C. The molecule has 1 N–H and O–H groups in total. The molecule has 0 saturated heterocycles. The lowest BCUT2D eigenvalue weighted by Gasteiger charge is -2.10. The maximum Gasteiger partial charge on any atom is 0.266 e. The molecule has 134 valence electrons. The molecular formula is C22H18BrN3O. The predicted molar refractivity (Wildman–Crippen MR) is 112 cm³/mol. The molecule has 0 spiro atoms. The number of aryl methyl sites for hydroxylation is 1. The number of anilines is 1. The second-order valence-electron chi connectivity index (χ2n) is 6.15. The first-order chi connectivity index (χ1) is 13.0. The van der Waals surface area contributed by atoms with E-state index in [2.05, 4.69) is 21.2 Å². The van der Waals surface area contributed by atoms with E-state index in [1.807, 2.05) is 85.3 Å². The van der Waals surface area contributed by atoms with E-state index in [0.29, 0.717) is 5.69 Å². The van der Waals surface area contributed by atoms with E-state index in [1.165, 1.54) is 0 Å². The van der Waals surface area contributed by atoms with Crippen molar-refractivity contribution in [1.29, 1.82) is 5.26 Å². The minimum atomic E-state index is -0.422. The minimum Gasteiger partial charge on any atom is -0.321 e. The van der Waals surface area contributed by atoms with Gasteiger partial charge in [0.25, 0.3) is 5.91 Å². The number of nitrogens with one attached hydrogen (secondary N) is 1. The summed E-state index contributed by atoms with van der Waals surface area (Å²) in [5.74, 6) is -0.422. The van der Waals surface area contributed by atoms with Crippen molar-refractivity contribution in [2.75, 3.05) is 5.32 Å². The van der Waals surface area contributed by atoms with Gasteiger partial charge in [-0.1, -0.05) is 28.1 Å². The summed E-state index contributed by atoms with van der Waals surface area (Å²) >= 11 is 3.42. The Bertz CT molecular complexity index is 1060. The van der Waals surface area contributed by atoms with Gasteiger partial charge in [-0.2, -0.15) is 5.26 Å². The van der Waals surface area contributed by atoms with Crippen LogP contribution >= 0.6 is 15.9 Å². The summed E-state index contributed by atoms with van der Waals surface area (Å²) in [5.41, 5.74) is 4.53. The highest BCUT2D eigenvalue weighted by Crippen LogP contribution is 2.21. The third-order valence-electron chi connectivity index (χ3n) is 4.40. The second kappa shape index (κ2) is 8.07. The first kappa shape index (κ1) is 18.7. The zero-order valence-corrected chi connectivity index (χ0v) is 16.6. The van der Waals surface area contributed by atoms with Crippen LogP contribution in [0.5, 0.6) is 0 Å². The van der Waals surface area contributed by atoms with Crippen molar-refractivity contribution < 1.29 is 4.79 Å². The fraction of sp³-hybridized carbons (Fsp3) is 0.0909. The summed E-state index contributed by atoms with van der Waals surface area (Å²) in [6.45, 7) is 3.93. The Morgan fingerprint density at radius 2 is 1.85 bits per heavy atom. The summed E-state index contributed by atoms with van der Waals surface area (Å²) < 4.78 is 2.91. The molecule has 1 heterocycles. The van der Waals surface area contributed by atoms with Crippen LogP contribution in [-0.4, -0.2) is 10.5 Å². The fourth-order valence-electron chi connectivity index (χ4n) is 2.72. The quantitative estimate of drug-likeness (QED) is 0.454. The molecule has 0 aliphatic rings. The Morgan fingerprint density at radius 3 is 2.56 bits per heavy atom. The summed E-state index contributed by atoms with van der Waals surface area (Å²) in [7, 11) is 0. The predicted octanol–water partition coefficient (Wildman–Crippen LogP) is 5.40. The Hall–Kier alpha value is -3.10. The molecule has 0 fully saturated rings. The van der Waals surface area contributed by atoms with Gasteiger partial charge in [-0.3, -0.25) is 4.79 Å². The Balaban J connectivity index is 1.90. The van der Waals surface area contributed by atoms with Crippen LogP contribution in [0.3, 0.4) is 0 Å². The van der Waals surface area contributed by atoms with E-state index in [-0.39, 0.29) is 5.57 Å². The van der Waals surface area contributed by atoms with E-state index in [1.54, 1.807) is 6.08 Å². The molecule has 5 heteroatoms. The van der Waals surface area contributed by atoms with Crippen LogP contribution in [0.2, 0.25) is 0 Å². The van der Waals surface area contributed by atoms with Gasteiger partial charge >= 0.3 is 0 Å². The van der Waals surface area contributed by atoms with E-state index >= 15 is 0 Å². The zero-order valence-electron chi connectivity index (χ0n) is 15.0. The van der Waals surface area contributed by atoms with Crippen molar-refractivity contribution in [2.24, 2.45) is 0 Å². The van der Waals surface area contributed by atoms with Crippen LogP contribution in [0.25, 0.3) is 11.8 Å². The van der Waals surface area contributed by atoms with Crippen LogP contribution in [0, 0.1) is 25.2 Å². The van der Waals surface area contributed by atoms with Gasteiger partial charge in [0.2, 0.25) is 0 Å². The van der Waals surface area contributed by atoms with Crippen LogP contribution in [0.1, 0.15) is 16.8 Å². The standard InChI is InChI=1S/C22H18BrN3O/c1-15-5-3-7-21(16(15)2)25-22(27)17(14-24)13-20-6-4-12-26(20)19-10-8-18(23)9-11-19/h3-13H,1-2H3,(H,25,27)/b17-13-. The third kappa shape index (κ3) is 4.18. The lowest BCUT2D eigenvalue weighted by Crippen LogP contribution is -2.14. The van der Waals surface area contributed by atoms with Crippen molar-refractivity contribution in [3.05, 3.63) is 87.7 Å². The maximum absolute atomic E-state index is 12.6. The number of nitriles is 1. The Morgan fingerprint density at radius 1 is 1.11 bits per heavy atom. The molecule has 3 aromatic rings. The number of carbonyl (C=O) groups excluding carboxylic acids is 1. The lowest BCUT2D eigenvalue weighted by molar-refractivity contribution is -0.112. The molecule has 0 unspecified atom stereocenters. The van der Waals surface area contributed by atoms with Crippen molar-refractivity contribution in [3.8, 4) is 11.8 Å². The van der Waals surface area contributed by atoms with Gasteiger partial charge in [-0.25, -0.2) is 0 Å². The molecule has 1 amide bonds. The van der Waals surface area contributed by atoms with Gasteiger partial charge in [0.1, 0.15) is 11.6 Å². The fourth-order valence-corrected chi connectivity index (χ4v) is 2.99. The third-order valence-corrected chi connectivity index (χ3v) is 4.92. The average molecular weight is 420 g/mol. The van der Waals surface area contributed by atoms with Crippen molar-refractivity contribution in [2.45, 2.75) is 13.8 Å². The van der Waals surface area contributed by atoms with Crippen LogP contribution in [0.4, 0.5) is 5.69 Å². The zero-order chi connectivity index (χ0) is 19.4. The minimum absolute atomic E-state index is 0.0490. The molecular weight excluding hydrogens is 402 g/mol. The van der Waals surface area contributed by atoms with E-state index < -0.39 is 5.91 Å². The highest BCUT2D eigenvalue weighted by Gasteiger charge is 2.13. The molecule has 0 aliphatic carbocycles. The molecule has 4 nitrogen and oxygen atoms in total. The number of aromatic nitrogens is 1. The summed E-state index contributed by atoms with van der Waals surface area (Å²) in [6, 6.07) is 19.3. The molecule has 0 saturated carbocycles. The normalized spacial score (nSPS) is 11.1. The molecule has 2 aromatic carbocycles. The number of benzene rings is 2. The molecule has 3 rings (SSSR count). The van der Waals surface area contributed by atoms with E-state index in [0.717, 1.165) is 27.0 Å². The molecule has 0 bridgehead atoms. The lowest BCUT2D eigenvalue weighted by atomic mass is 10.1. The van der Waals surface area contributed by atoms with Crippen molar-refractivity contribution in [3.63, 3.8) is 0 Å². The van der Waals surface area contributed by atoms with Crippen molar-refractivity contribution >= 4 is 33.6 Å². The van der Waals surface area contributed by atoms with Crippen LogP contribution in [0.15, 0.2) is 70.8 Å². The average Bonchev–Trinajstić information content (AvgIpc) is 3.12. The van der Waals surface area contributed by atoms with Crippen LogP contribution < -0.4 is 5.32 Å². The van der Waals surface area contributed by atoms with Gasteiger partial charge in [0.05, 0.1) is 0 Å². The first-order valence-corrected chi connectivity index (χ1v) is 9.21. The van der Waals surface area contributed by atoms with E-state index in [4.69, 9.17) is 0 Å². The number of hydrogen-bond donors (Lipinski definition) is 1. The number of rotatable bonds is 4. The Labute approximate surface area is 166 Å². The van der Waals surface area contributed by atoms with Crippen molar-refractivity contribution in [1.82, 2.24) is 4.57 Å². The largest absolute Gasteiger partial charge is 0.321 e. The Kier molecular flexibility index (Phi) is 5.58. The highest BCUT2D eigenvalue weighted by atomic mass is 79.9. The van der Waals surface area contributed by atoms with Crippen LogP contribution in [-0.2, 0) is 4.79 Å². The number of halogens is 1. The number of carbonyl (C=O) groups is 1. The number of amides is 1. The molecule has 0 atom stereocenters. The molecule has 1 aromatic heterocycles. The highest BCUT2D eigenvalue weighted by molar-refractivity contribution is 9.10. The topological polar surface area (TPSA) is 57.8 Å². The van der Waals surface area contributed by atoms with E-state index in [9.17, 15) is 10.1 Å². The van der Waals surface area contributed by atoms with Gasteiger partial charge in [0, 0.05) is 27.7 Å². The number of hydrogen-bond acceptors (Lipinski definition) is 2. The van der Waals surface area contributed by atoms with Gasteiger partial charge < -0.3 is 9.88 Å². The summed E-state index contributed by atoms with van der Waals surface area (Å²) in [6.07, 6.45) is 3.50. The molecule has 27 heavy (non-hydrogen) atoms. The maximum atomic E-state index is 12.6. The second-order valence-corrected chi connectivity index (χ2v) is 7.07. The molecule has 0 aliphatic heterocycles. The summed E-state index contributed by atoms with van der Waals surface area (Å²) in [5, 5.41) is 12.3. The molecule has 0 radical (unpaired) electrons. The smallest absolute Gasteiger partial charge is 0.266 e. The first-order valence-electron chi connectivity index (χ1n) is 8.42.